The summed E-state index contributed by atoms with van der Waals surface area (Å²) in [4.78, 5) is 0. The van der Waals surface area contributed by atoms with Crippen LogP contribution in [0.1, 0.15) is 53.4 Å². The van der Waals surface area contributed by atoms with Gasteiger partial charge in [-0.15, -0.1) is 0 Å². The summed E-state index contributed by atoms with van der Waals surface area (Å²) in [5.74, 6) is 1.56. The molecule has 2 nitrogen and oxygen atoms in total. The van der Waals surface area contributed by atoms with Crippen LogP contribution in [0.4, 0.5) is 0 Å². The van der Waals surface area contributed by atoms with Crippen molar-refractivity contribution in [1.82, 2.24) is 5.32 Å². The van der Waals surface area contributed by atoms with Crippen LogP contribution in [0.25, 0.3) is 0 Å². The van der Waals surface area contributed by atoms with E-state index in [1.807, 2.05) is 0 Å². The number of hydrogen-bond acceptors (Lipinski definition) is 2. The van der Waals surface area contributed by atoms with Crippen molar-refractivity contribution in [2.75, 3.05) is 26.3 Å². The predicted molar refractivity (Wildman–Crippen MR) is 74.3 cm³/mol. The summed E-state index contributed by atoms with van der Waals surface area (Å²) < 4.78 is 5.55. The average molecular weight is 241 g/mol. The normalized spacial score (nSPS) is 21.7. The standard InChI is InChI=1S/C15H31NO/c1-5-6-14(4)15(7-9-17-10-8-15)12-16-11-13(2)3/h13-14,16H,5-12H2,1-4H3. The molecule has 17 heavy (non-hydrogen) atoms. The summed E-state index contributed by atoms with van der Waals surface area (Å²) in [7, 11) is 0. The zero-order valence-corrected chi connectivity index (χ0v) is 12.2. The molecule has 0 aliphatic carbocycles. The maximum Gasteiger partial charge on any atom is 0.0471 e. The van der Waals surface area contributed by atoms with Gasteiger partial charge in [0.15, 0.2) is 0 Å². The molecule has 1 heterocycles. The van der Waals surface area contributed by atoms with Crippen molar-refractivity contribution in [3.63, 3.8) is 0 Å². The van der Waals surface area contributed by atoms with E-state index in [-0.39, 0.29) is 0 Å². The molecule has 0 amide bonds. The van der Waals surface area contributed by atoms with Crippen LogP contribution in [-0.2, 0) is 4.74 Å². The monoisotopic (exact) mass is 241 g/mol. The lowest BCUT2D eigenvalue weighted by Gasteiger charge is -2.42. The minimum atomic E-state index is 0.489. The van der Waals surface area contributed by atoms with Gasteiger partial charge in [-0.1, -0.05) is 40.5 Å². The largest absolute Gasteiger partial charge is 0.381 e. The average Bonchev–Trinajstić information content (AvgIpc) is 2.30. The Morgan fingerprint density at radius 3 is 2.35 bits per heavy atom. The van der Waals surface area contributed by atoms with Crippen molar-refractivity contribution in [2.24, 2.45) is 17.3 Å². The quantitative estimate of drug-likeness (QED) is 0.737. The molecule has 1 rings (SSSR count). The van der Waals surface area contributed by atoms with Gasteiger partial charge in [0.2, 0.25) is 0 Å². The van der Waals surface area contributed by atoms with Crippen LogP contribution in [0.3, 0.4) is 0 Å². The molecule has 0 aromatic heterocycles. The first-order valence-corrected chi connectivity index (χ1v) is 7.39. The summed E-state index contributed by atoms with van der Waals surface area (Å²) in [6, 6.07) is 0. The first kappa shape index (κ1) is 15.0. The first-order chi connectivity index (χ1) is 8.10. The smallest absolute Gasteiger partial charge is 0.0471 e. The molecule has 1 unspecified atom stereocenters. The van der Waals surface area contributed by atoms with Crippen molar-refractivity contribution in [3.05, 3.63) is 0 Å². The molecule has 0 aromatic carbocycles. The summed E-state index contributed by atoms with van der Waals surface area (Å²) in [6.07, 6.45) is 5.12. The summed E-state index contributed by atoms with van der Waals surface area (Å²) in [5, 5.41) is 3.68. The maximum atomic E-state index is 5.55. The van der Waals surface area contributed by atoms with Gasteiger partial charge < -0.3 is 10.1 Å². The molecule has 1 fully saturated rings. The Kier molecular flexibility index (Phi) is 6.50. The fourth-order valence-electron chi connectivity index (χ4n) is 2.97. The van der Waals surface area contributed by atoms with Gasteiger partial charge in [0, 0.05) is 19.8 Å². The molecule has 1 aliphatic rings. The molecule has 0 spiro atoms. The second kappa shape index (κ2) is 7.38. The summed E-state index contributed by atoms with van der Waals surface area (Å²) in [6.45, 7) is 13.5. The van der Waals surface area contributed by atoms with Gasteiger partial charge in [0.05, 0.1) is 0 Å². The topological polar surface area (TPSA) is 21.3 Å². The summed E-state index contributed by atoms with van der Waals surface area (Å²) >= 11 is 0. The Morgan fingerprint density at radius 2 is 1.82 bits per heavy atom. The van der Waals surface area contributed by atoms with Gasteiger partial charge in [0.1, 0.15) is 0 Å². The van der Waals surface area contributed by atoms with Crippen molar-refractivity contribution in [3.8, 4) is 0 Å². The van der Waals surface area contributed by atoms with E-state index in [0.717, 1.165) is 31.6 Å². The third-order valence-corrected chi connectivity index (χ3v) is 4.29. The van der Waals surface area contributed by atoms with Gasteiger partial charge in [0.25, 0.3) is 0 Å². The lowest BCUT2D eigenvalue weighted by atomic mass is 9.69. The number of hydrogen-bond donors (Lipinski definition) is 1. The van der Waals surface area contributed by atoms with E-state index in [9.17, 15) is 0 Å². The van der Waals surface area contributed by atoms with E-state index in [2.05, 4.69) is 33.0 Å². The molecule has 2 heteroatoms. The van der Waals surface area contributed by atoms with Gasteiger partial charge in [-0.25, -0.2) is 0 Å². The van der Waals surface area contributed by atoms with Crippen LogP contribution >= 0.6 is 0 Å². The molecular formula is C15H31NO. The van der Waals surface area contributed by atoms with E-state index >= 15 is 0 Å². The van der Waals surface area contributed by atoms with E-state index < -0.39 is 0 Å². The lowest BCUT2D eigenvalue weighted by Crippen LogP contribution is -2.44. The van der Waals surface area contributed by atoms with Crippen molar-refractivity contribution in [2.45, 2.75) is 53.4 Å². The molecule has 0 bridgehead atoms. The molecule has 0 saturated carbocycles. The van der Waals surface area contributed by atoms with Crippen LogP contribution in [0.15, 0.2) is 0 Å². The van der Waals surface area contributed by atoms with Crippen LogP contribution in [-0.4, -0.2) is 26.3 Å². The highest BCUT2D eigenvalue weighted by molar-refractivity contribution is 4.88. The number of ether oxygens (including phenoxy) is 1. The Labute approximate surface area is 108 Å². The molecule has 0 aromatic rings. The zero-order valence-electron chi connectivity index (χ0n) is 12.2. The maximum absolute atomic E-state index is 5.55. The molecule has 1 N–H and O–H groups in total. The number of nitrogens with one attached hydrogen (secondary N) is 1. The Bertz CT molecular complexity index is 197. The third kappa shape index (κ3) is 4.59. The van der Waals surface area contributed by atoms with Gasteiger partial charge in [-0.3, -0.25) is 0 Å². The Hall–Kier alpha value is -0.0800. The summed E-state index contributed by atoms with van der Waals surface area (Å²) in [5.41, 5.74) is 0.489. The second-order valence-corrected chi connectivity index (χ2v) is 6.19. The zero-order chi connectivity index (χ0) is 12.7. The Balaban J connectivity index is 2.51. The first-order valence-electron chi connectivity index (χ1n) is 7.39. The highest BCUT2D eigenvalue weighted by atomic mass is 16.5. The molecule has 1 aliphatic heterocycles. The van der Waals surface area contributed by atoms with Crippen molar-refractivity contribution in [1.29, 1.82) is 0 Å². The highest BCUT2D eigenvalue weighted by Crippen LogP contribution is 2.39. The Morgan fingerprint density at radius 1 is 1.18 bits per heavy atom. The van der Waals surface area contributed by atoms with Gasteiger partial charge in [-0.2, -0.15) is 0 Å². The van der Waals surface area contributed by atoms with Crippen LogP contribution in [0.5, 0.6) is 0 Å². The fraction of sp³-hybridized carbons (Fsp3) is 1.00. The van der Waals surface area contributed by atoms with Gasteiger partial charge >= 0.3 is 0 Å². The third-order valence-electron chi connectivity index (χ3n) is 4.29. The SMILES string of the molecule is CCCC(C)C1(CNCC(C)C)CCOCC1. The molecule has 0 radical (unpaired) electrons. The second-order valence-electron chi connectivity index (χ2n) is 6.19. The van der Waals surface area contributed by atoms with E-state index in [1.54, 1.807) is 0 Å². The molecule has 1 saturated heterocycles. The van der Waals surface area contributed by atoms with Gasteiger partial charge in [-0.05, 0) is 36.6 Å². The number of rotatable bonds is 7. The molecule has 1 atom stereocenters. The molecular weight excluding hydrogens is 210 g/mol. The van der Waals surface area contributed by atoms with Crippen molar-refractivity contribution >= 4 is 0 Å². The van der Waals surface area contributed by atoms with E-state index in [0.29, 0.717) is 5.41 Å². The minimum Gasteiger partial charge on any atom is -0.381 e. The highest BCUT2D eigenvalue weighted by Gasteiger charge is 2.36. The minimum absolute atomic E-state index is 0.489. The molecule has 102 valence electrons. The van der Waals surface area contributed by atoms with E-state index in [4.69, 9.17) is 4.74 Å². The van der Waals surface area contributed by atoms with E-state index in [1.165, 1.54) is 32.2 Å². The van der Waals surface area contributed by atoms with Crippen LogP contribution in [0, 0.1) is 17.3 Å². The predicted octanol–water partition coefficient (Wildman–Crippen LogP) is 3.47. The fourth-order valence-corrected chi connectivity index (χ4v) is 2.97. The van der Waals surface area contributed by atoms with Crippen molar-refractivity contribution < 1.29 is 4.74 Å². The van der Waals surface area contributed by atoms with Crippen LogP contribution in [0.2, 0.25) is 0 Å². The van der Waals surface area contributed by atoms with Crippen LogP contribution < -0.4 is 5.32 Å². The lowest BCUT2D eigenvalue weighted by molar-refractivity contribution is -0.0163.